The first kappa shape index (κ1) is 15.4. The van der Waals surface area contributed by atoms with Crippen molar-refractivity contribution in [3.05, 3.63) is 64.4 Å². The Morgan fingerprint density at radius 3 is 2.79 bits per heavy atom. The zero-order chi connectivity index (χ0) is 16.9. The number of amides is 2. The Labute approximate surface area is 144 Å². The molecule has 6 heteroatoms. The Bertz CT molecular complexity index is 828. The van der Waals surface area contributed by atoms with Gasteiger partial charge in [0.25, 0.3) is 0 Å². The van der Waals surface area contributed by atoms with Crippen molar-refractivity contribution in [2.24, 2.45) is 0 Å². The minimum Gasteiger partial charge on any atom is -0.347 e. The van der Waals surface area contributed by atoms with Crippen LogP contribution in [0.25, 0.3) is 0 Å². The van der Waals surface area contributed by atoms with Crippen molar-refractivity contribution in [2.45, 2.75) is 12.1 Å². The topological polar surface area (TPSA) is 32.8 Å². The van der Waals surface area contributed by atoms with Crippen LogP contribution in [0.15, 0.2) is 42.5 Å². The van der Waals surface area contributed by atoms with Gasteiger partial charge in [0.15, 0.2) is 0 Å². The van der Waals surface area contributed by atoms with E-state index in [-0.39, 0.29) is 6.03 Å². The lowest BCUT2D eigenvalue weighted by atomic mass is 9.87. The summed E-state index contributed by atoms with van der Waals surface area (Å²) < 4.78 is 20.8. The molecular weight excluding hydrogens is 331 g/mol. The lowest BCUT2D eigenvalue weighted by molar-refractivity contribution is -0.145. The Balaban J connectivity index is 2.07. The molecule has 0 bridgehead atoms. The van der Waals surface area contributed by atoms with E-state index in [9.17, 15) is 9.18 Å². The van der Waals surface area contributed by atoms with E-state index < -0.39 is 11.5 Å². The molecule has 0 saturated carbocycles. The van der Waals surface area contributed by atoms with Crippen molar-refractivity contribution in [1.29, 1.82) is 0 Å². The van der Waals surface area contributed by atoms with Gasteiger partial charge in [-0.2, -0.15) is 0 Å². The number of fused-ring (bicyclic) bond motifs is 3. The number of rotatable bonds is 1. The summed E-state index contributed by atoms with van der Waals surface area (Å²) in [6.45, 7) is 0.928. The third kappa shape index (κ3) is 1.98. The fourth-order valence-electron chi connectivity index (χ4n) is 3.59. The molecule has 0 aliphatic carbocycles. The third-order valence-corrected chi connectivity index (χ3v) is 4.89. The van der Waals surface area contributed by atoms with Gasteiger partial charge in [-0.05, 0) is 30.7 Å². The third-order valence-electron chi connectivity index (χ3n) is 4.66. The minimum atomic E-state index is -1.28. The average molecular weight is 347 g/mol. The maximum absolute atomic E-state index is 14.7. The number of benzene rings is 2. The van der Waals surface area contributed by atoms with E-state index in [2.05, 4.69) is 0 Å². The fraction of sp³-hybridized carbons (Fsp3) is 0.278. The van der Waals surface area contributed by atoms with Gasteiger partial charge in [0.05, 0.1) is 12.3 Å². The van der Waals surface area contributed by atoms with Gasteiger partial charge in [-0.1, -0.05) is 29.8 Å². The van der Waals surface area contributed by atoms with E-state index in [0.29, 0.717) is 41.4 Å². The van der Waals surface area contributed by atoms with Crippen LogP contribution < -0.4 is 4.90 Å². The Hall–Kier alpha value is -2.11. The summed E-state index contributed by atoms with van der Waals surface area (Å²) in [6, 6.07) is 11.4. The van der Waals surface area contributed by atoms with Crippen molar-refractivity contribution in [3.8, 4) is 0 Å². The van der Waals surface area contributed by atoms with Gasteiger partial charge >= 0.3 is 6.03 Å². The molecule has 2 heterocycles. The van der Waals surface area contributed by atoms with E-state index in [0.717, 1.165) is 0 Å². The second-order valence-electron chi connectivity index (χ2n) is 5.98. The van der Waals surface area contributed by atoms with Gasteiger partial charge in [-0.25, -0.2) is 9.18 Å². The number of carbonyl (C=O) groups is 1. The summed E-state index contributed by atoms with van der Waals surface area (Å²) >= 11 is 6.21. The molecule has 2 aromatic rings. The molecule has 4 rings (SSSR count). The van der Waals surface area contributed by atoms with Crippen LogP contribution in [-0.4, -0.2) is 31.1 Å². The summed E-state index contributed by atoms with van der Waals surface area (Å²) in [5.74, 6) is -0.410. The predicted octanol–water partition coefficient (Wildman–Crippen LogP) is 3.97. The highest BCUT2D eigenvalue weighted by atomic mass is 35.5. The Morgan fingerprint density at radius 2 is 2.00 bits per heavy atom. The van der Waals surface area contributed by atoms with Crippen LogP contribution in [-0.2, 0) is 10.5 Å². The molecule has 2 aliphatic rings. The number of nitrogens with zero attached hydrogens (tertiary/aromatic N) is 2. The highest BCUT2D eigenvalue weighted by Gasteiger charge is 2.53. The van der Waals surface area contributed by atoms with Crippen molar-refractivity contribution < 1.29 is 13.9 Å². The molecular formula is C18H16ClFN2O2. The van der Waals surface area contributed by atoms with Crippen molar-refractivity contribution in [3.63, 3.8) is 0 Å². The van der Waals surface area contributed by atoms with Crippen molar-refractivity contribution in [2.75, 3.05) is 25.1 Å². The van der Waals surface area contributed by atoms with Gasteiger partial charge in [-0.3, -0.25) is 9.80 Å². The minimum absolute atomic E-state index is 0.215. The van der Waals surface area contributed by atoms with Gasteiger partial charge in [0.1, 0.15) is 5.82 Å². The first-order valence-corrected chi connectivity index (χ1v) is 8.18. The van der Waals surface area contributed by atoms with Gasteiger partial charge in [-0.15, -0.1) is 0 Å². The summed E-state index contributed by atoms with van der Waals surface area (Å²) in [7, 11) is 1.70. The highest BCUT2D eigenvalue weighted by Crippen LogP contribution is 2.48. The molecule has 1 unspecified atom stereocenters. The van der Waals surface area contributed by atoms with Gasteiger partial charge < -0.3 is 4.74 Å². The standard InChI is InChI=1S/C18H16ClFN2O2/c1-21-16-8-7-12(19)11-14(16)18(13-5-2-3-6-15(13)20)22(17(21)23)9-4-10-24-18/h2-3,5-8,11H,4,9-10H2,1H3. The zero-order valence-electron chi connectivity index (χ0n) is 13.1. The second kappa shape index (κ2) is 5.46. The van der Waals surface area contributed by atoms with E-state index >= 15 is 0 Å². The molecule has 1 atom stereocenters. The molecule has 0 N–H and O–H groups in total. The molecule has 1 saturated heterocycles. The number of ether oxygens (including phenoxy) is 1. The van der Waals surface area contributed by atoms with E-state index in [1.807, 2.05) is 0 Å². The quantitative estimate of drug-likeness (QED) is 0.782. The van der Waals surface area contributed by atoms with Gasteiger partial charge in [0, 0.05) is 29.7 Å². The first-order valence-electron chi connectivity index (χ1n) is 7.80. The summed E-state index contributed by atoms with van der Waals surface area (Å²) in [5, 5.41) is 0.515. The maximum Gasteiger partial charge on any atom is 0.327 e. The Kier molecular flexibility index (Phi) is 3.51. The van der Waals surface area contributed by atoms with E-state index in [1.54, 1.807) is 53.2 Å². The monoisotopic (exact) mass is 346 g/mol. The molecule has 2 aliphatic heterocycles. The molecule has 2 aromatic carbocycles. The normalized spacial score (nSPS) is 23.0. The van der Waals surface area contributed by atoms with E-state index in [1.165, 1.54) is 6.07 Å². The number of halogens is 2. The number of urea groups is 1. The van der Waals surface area contributed by atoms with Crippen LogP contribution in [0.5, 0.6) is 0 Å². The number of hydrogen-bond acceptors (Lipinski definition) is 2. The van der Waals surface area contributed by atoms with Crippen molar-refractivity contribution in [1.82, 2.24) is 4.90 Å². The lowest BCUT2D eigenvalue weighted by Crippen LogP contribution is -2.62. The van der Waals surface area contributed by atoms with Gasteiger partial charge in [0.2, 0.25) is 5.72 Å². The second-order valence-corrected chi connectivity index (χ2v) is 6.42. The van der Waals surface area contributed by atoms with Crippen LogP contribution in [0.1, 0.15) is 17.5 Å². The van der Waals surface area contributed by atoms with Crippen LogP contribution in [0, 0.1) is 5.82 Å². The van der Waals surface area contributed by atoms with Crippen LogP contribution in [0.2, 0.25) is 5.02 Å². The summed E-state index contributed by atoms with van der Waals surface area (Å²) in [5.41, 5.74) is 0.398. The molecule has 0 radical (unpaired) electrons. The molecule has 0 spiro atoms. The van der Waals surface area contributed by atoms with Crippen LogP contribution >= 0.6 is 11.6 Å². The largest absolute Gasteiger partial charge is 0.347 e. The molecule has 2 amide bonds. The maximum atomic E-state index is 14.7. The van der Waals surface area contributed by atoms with Crippen LogP contribution in [0.3, 0.4) is 0 Å². The smallest absolute Gasteiger partial charge is 0.327 e. The molecule has 124 valence electrons. The summed E-state index contributed by atoms with van der Waals surface area (Å²) in [6.07, 6.45) is 0.700. The van der Waals surface area contributed by atoms with E-state index in [4.69, 9.17) is 16.3 Å². The lowest BCUT2D eigenvalue weighted by Gasteiger charge is -2.52. The molecule has 0 aromatic heterocycles. The number of carbonyl (C=O) groups excluding carboxylic acids is 1. The number of anilines is 1. The molecule has 4 nitrogen and oxygen atoms in total. The SMILES string of the molecule is CN1C(=O)N2CCCOC2(c2ccccc2F)c2cc(Cl)ccc21. The van der Waals surface area contributed by atoms with Crippen LogP contribution in [0.4, 0.5) is 14.9 Å². The number of hydrogen-bond donors (Lipinski definition) is 0. The average Bonchev–Trinajstić information content (AvgIpc) is 2.60. The Morgan fingerprint density at radius 1 is 1.21 bits per heavy atom. The zero-order valence-corrected chi connectivity index (χ0v) is 13.9. The fourth-order valence-corrected chi connectivity index (χ4v) is 3.76. The first-order chi connectivity index (χ1) is 11.6. The molecule has 1 fully saturated rings. The van der Waals surface area contributed by atoms with Crippen molar-refractivity contribution >= 4 is 23.3 Å². The highest BCUT2D eigenvalue weighted by molar-refractivity contribution is 6.30. The summed E-state index contributed by atoms with van der Waals surface area (Å²) in [4.78, 5) is 16.1. The predicted molar refractivity (Wildman–Crippen MR) is 89.7 cm³/mol. The molecule has 24 heavy (non-hydrogen) atoms.